The minimum absolute atomic E-state index is 0.0215. The van der Waals surface area contributed by atoms with Gasteiger partial charge in [0.05, 0.1) is 28.9 Å². The fraction of sp³-hybridized carbons (Fsp3) is 0.167. The zero-order valence-electron chi connectivity index (χ0n) is 14.5. The minimum Gasteiger partial charge on any atom is -0.361 e. The Kier molecular flexibility index (Phi) is 4.08. The van der Waals surface area contributed by atoms with Crippen molar-refractivity contribution in [3.8, 4) is 11.1 Å². The third-order valence-corrected chi connectivity index (χ3v) is 5.32. The summed E-state index contributed by atoms with van der Waals surface area (Å²) in [5.74, 6) is 0.656. The largest absolute Gasteiger partial charge is 0.361 e. The van der Waals surface area contributed by atoms with Gasteiger partial charge in [0.15, 0.2) is 0 Å². The quantitative estimate of drug-likeness (QED) is 0.394. The number of nitro groups is 1. The van der Waals surface area contributed by atoms with Gasteiger partial charge in [-0.3, -0.25) is 19.5 Å². The Bertz CT molecular complexity index is 1220. The molecule has 1 aromatic carbocycles. The predicted octanol–water partition coefficient (Wildman–Crippen LogP) is 3.69. The summed E-state index contributed by atoms with van der Waals surface area (Å²) >= 11 is 1.34. The molecule has 0 unspecified atom stereocenters. The highest BCUT2D eigenvalue weighted by Crippen LogP contribution is 2.32. The number of nitrogens with zero attached hydrogens (tertiary/aromatic N) is 4. The summed E-state index contributed by atoms with van der Waals surface area (Å²) in [6, 6.07) is 6.24. The highest BCUT2D eigenvalue weighted by molar-refractivity contribution is 7.17. The Labute approximate surface area is 156 Å². The Hall–Kier alpha value is -3.33. The van der Waals surface area contributed by atoms with Gasteiger partial charge in [-0.05, 0) is 19.4 Å². The molecule has 3 heterocycles. The normalized spacial score (nSPS) is 11.2. The molecule has 0 aliphatic rings. The van der Waals surface area contributed by atoms with Crippen molar-refractivity contribution >= 4 is 27.2 Å². The van der Waals surface area contributed by atoms with Crippen LogP contribution in [0.2, 0.25) is 0 Å². The van der Waals surface area contributed by atoms with Crippen LogP contribution >= 0.6 is 11.3 Å². The number of thiophene rings is 1. The van der Waals surface area contributed by atoms with E-state index in [1.807, 2.05) is 6.92 Å². The van der Waals surface area contributed by atoms with E-state index in [-0.39, 0.29) is 11.2 Å². The summed E-state index contributed by atoms with van der Waals surface area (Å²) in [6.07, 6.45) is 1.50. The summed E-state index contributed by atoms with van der Waals surface area (Å²) < 4.78 is 6.66. The smallest absolute Gasteiger partial charge is 0.270 e. The molecule has 0 atom stereocenters. The Morgan fingerprint density at radius 2 is 2.15 bits per heavy atom. The average Bonchev–Trinajstić information content (AvgIpc) is 3.23. The number of aromatic nitrogens is 3. The first-order valence-electron chi connectivity index (χ1n) is 8.09. The van der Waals surface area contributed by atoms with E-state index in [9.17, 15) is 14.9 Å². The van der Waals surface area contributed by atoms with Crippen LogP contribution in [-0.4, -0.2) is 19.6 Å². The average molecular weight is 382 g/mol. The first-order valence-corrected chi connectivity index (χ1v) is 8.97. The molecule has 0 bridgehead atoms. The van der Waals surface area contributed by atoms with Gasteiger partial charge < -0.3 is 4.52 Å². The molecule has 9 heteroatoms. The van der Waals surface area contributed by atoms with Crippen LogP contribution in [-0.2, 0) is 6.54 Å². The molecule has 0 saturated carbocycles. The molecule has 4 rings (SSSR count). The number of hydrogen-bond donors (Lipinski definition) is 0. The van der Waals surface area contributed by atoms with Crippen LogP contribution in [0.25, 0.3) is 21.3 Å². The lowest BCUT2D eigenvalue weighted by atomic mass is 10.1. The first kappa shape index (κ1) is 17.1. The zero-order valence-corrected chi connectivity index (χ0v) is 15.3. The Balaban J connectivity index is 1.86. The molecule has 0 N–H and O–H groups in total. The van der Waals surface area contributed by atoms with Crippen LogP contribution in [0.5, 0.6) is 0 Å². The Morgan fingerprint density at radius 3 is 2.85 bits per heavy atom. The molecular weight excluding hydrogens is 368 g/mol. The summed E-state index contributed by atoms with van der Waals surface area (Å²) in [4.78, 5) is 28.7. The number of nitro benzene ring substituents is 1. The van der Waals surface area contributed by atoms with E-state index < -0.39 is 4.92 Å². The number of non-ortho nitro benzene ring substituents is 1. The molecule has 4 aromatic rings. The maximum absolute atomic E-state index is 13.1. The summed E-state index contributed by atoms with van der Waals surface area (Å²) in [6.45, 7) is 3.92. The highest BCUT2D eigenvalue weighted by Gasteiger charge is 2.17. The van der Waals surface area contributed by atoms with Gasteiger partial charge in [-0.1, -0.05) is 17.3 Å². The second-order valence-electron chi connectivity index (χ2n) is 6.12. The van der Waals surface area contributed by atoms with Crippen LogP contribution in [0.3, 0.4) is 0 Å². The van der Waals surface area contributed by atoms with E-state index in [1.54, 1.807) is 24.4 Å². The van der Waals surface area contributed by atoms with Gasteiger partial charge >= 0.3 is 0 Å². The van der Waals surface area contributed by atoms with Crippen molar-refractivity contribution in [2.24, 2.45) is 0 Å². The molecule has 0 spiro atoms. The first-order chi connectivity index (χ1) is 13.0. The molecule has 0 radical (unpaired) electrons. The van der Waals surface area contributed by atoms with E-state index in [2.05, 4.69) is 10.1 Å². The van der Waals surface area contributed by atoms with E-state index in [4.69, 9.17) is 4.52 Å². The van der Waals surface area contributed by atoms with E-state index in [0.717, 1.165) is 11.3 Å². The van der Waals surface area contributed by atoms with Crippen LogP contribution in [0.1, 0.15) is 17.0 Å². The molecule has 0 amide bonds. The van der Waals surface area contributed by atoms with Gasteiger partial charge in [-0.2, -0.15) is 0 Å². The van der Waals surface area contributed by atoms with Crippen LogP contribution in [0.15, 0.2) is 45.3 Å². The number of benzene rings is 1. The lowest BCUT2D eigenvalue weighted by Gasteiger charge is -2.06. The summed E-state index contributed by atoms with van der Waals surface area (Å²) in [7, 11) is 0. The van der Waals surface area contributed by atoms with Crippen LogP contribution < -0.4 is 5.56 Å². The third-order valence-electron chi connectivity index (χ3n) is 4.44. The molecule has 8 nitrogen and oxygen atoms in total. The van der Waals surface area contributed by atoms with Crippen LogP contribution in [0.4, 0.5) is 5.69 Å². The molecule has 0 fully saturated rings. The standard InChI is InChI=1S/C18H14N4O4S/c1-10-14(11(2)26-20-10)7-21-9-19-17-16(18(21)23)15(8-27-17)12-4-3-5-13(6-12)22(24)25/h3-6,8-9H,7H2,1-2H3. The minimum atomic E-state index is -0.452. The lowest BCUT2D eigenvalue weighted by molar-refractivity contribution is -0.384. The van der Waals surface area contributed by atoms with Crippen LogP contribution in [0, 0.1) is 24.0 Å². The number of aryl methyl sites for hydroxylation is 2. The molecule has 27 heavy (non-hydrogen) atoms. The van der Waals surface area contributed by atoms with E-state index >= 15 is 0 Å². The number of fused-ring (bicyclic) bond motifs is 1. The fourth-order valence-electron chi connectivity index (χ4n) is 2.98. The third kappa shape index (κ3) is 2.91. The maximum atomic E-state index is 13.1. The van der Waals surface area contributed by atoms with Gasteiger partial charge in [-0.25, -0.2) is 4.98 Å². The number of hydrogen-bond acceptors (Lipinski definition) is 7. The fourth-order valence-corrected chi connectivity index (χ4v) is 3.88. The van der Waals surface area contributed by atoms with Gasteiger partial charge in [0.1, 0.15) is 10.6 Å². The number of rotatable bonds is 4. The van der Waals surface area contributed by atoms with Gasteiger partial charge in [0, 0.05) is 28.6 Å². The van der Waals surface area contributed by atoms with Crippen molar-refractivity contribution in [1.82, 2.24) is 14.7 Å². The maximum Gasteiger partial charge on any atom is 0.270 e. The van der Waals surface area contributed by atoms with Crippen molar-refractivity contribution in [1.29, 1.82) is 0 Å². The van der Waals surface area contributed by atoms with Gasteiger partial charge in [-0.15, -0.1) is 11.3 Å². The zero-order chi connectivity index (χ0) is 19.1. The van der Waals surface area contributed by atoms with Crippen molar-refractivity contribution < 1.29 is 9.45 Å². The lowest BCUT2D eigenvalue weighted by Crippen LogP contribution is -2.21. The Morgan fingerprint density at radius 1 is 1.33 bits per heavy atom. The summed E-state index contributed by atoms with van der Waals surface area (Å²) in [5, 5.41) is 17.2. The molecule has 136 valence electrons. The van der Waals surface area contributed by atoms with E-state index in [1.165, 1.54) is 34.4 Å². The van der Waals surface area contributed by atoms with E-state index in [0.29, 0.717) is 33.6 Å². The monoisotopic (exact) mass is 382 g/mol. The van der Waals surface area contributed by atoms with Crippen molar-refractivity contribution in [2.45, 2.75) is 20.4 Å². The second-order valence-corrected chi connectivity index (χ2v) is 6.98. The molecule has 0 saturated heterocycles. The van der Waals surface area contributed by atoms with Crippen molar-refractivity contribution in [2.75, 3.05) is 0 Å². The second kappa shape index (κ2) is 6.44. The van der Waals surface area contributed by atoms with Crippen molar-refractivity contribution in [3.05, 3.63) is 73.5 Å². The van der Waals surface area contributed by atoms with Crippen molar-refractivity contribution in [3.63, 3.8) is 0 Å². The molecule has 0 aliphatic heterocycles. The SMILES string of the molecule is Cc1noc(C)c1Cn1cnc2scc(-c3cccc([N+](=O)[O-])c3)c2c1=O. The van der Waals surface area contributed by atoms with Gasteiger partial charge in [0.2, 0.25) is 0 Å². The van der Waals surface area contributed by atoms with Gasteiger partial charge in [0.25, 0.3) is 11.2 Å². The molecule has 3 aromatic heterocycles. The topological polar surface area (TPSA) is 104 Å². The summed E-state index contributed by atoms with van der Waals surface area (Å²) in [5.41, 5.74) is 2.59. The highest BCUT2D eigenvalue weighted by atomic mass is 32.1. The molecular formula is C18H14N4O4S. The molecule has 0 aliphatic carbocycles. The predicted molar refractivity (Wildman–Crippen MR) is 101 cm³/mol.